The second-order valence-corrected chi connectivity index (χ2v) is 3.02. The summed E-state index contributed by atoms with van der Waals surface area (Å²) in [6.45, 7) is 4.49. The molecule has 0 radical (unpaired) electrons. The zero-order chi connectivity index (χ0) is 8.10. The van der Waals surface area contributed by atoms with Crippen LogP contribution in [0.25, 0.3) is 0 Å². The zero-order valence-electron chi connectivity index (χ0n) is 7.08. The lowest BCUT2D eigenvalue weighted by molar-refractivity contribution is -0.202. The number of hydrogen-bond acceptors (Lipinski definition) is 3. The van der Waals surface area contributed by atoms with Crippen LogP contribution in [-0.4, -0.2) is 26.0 Å². The van der Waals surface area contributed by atoms with E-state index in [0.29, 0.717) is 12.5 Å². The first kappa shape index (κ1) is 8.97. The maximum atomic E-state index is 5.42. The largest absolute Gasteiger partial charge is 0.352 e. The summed E-state index contributed by atoms with van der Waals surface area (Å²) in [6, 6.07) is 0. The molecule has 3 nitrogen and oxygen atoms in total. The molecule has 1 aliphatic rings. The summed E-state index contributed by atoms with van der Waals surface area (Å²) in [4.78, 5) is 0. The molecule has 11 heavy (non-hydrogen) atoms. The molecule has 1 fully saturated rings. The van der Waals surface area contributed by atoms with Gasteiger partial charge in [-0.3, -0.25) is 0 Å². The highest BCUT2D eigenvalue weighted by Crippen LogP contribution is 2.16. The first-order chi connectivity index (χ1) is 5.34. The minimum atomic E-state index is -0.00713. The minimum absolute atomic E-state index is 0.00713. The first-order valence-corrected chi connectivity index (χ1v) is 4.28. The van der Waals surface area contributed by atoms with Crippen LogP contribution in [0.1, 0.15) is 19.8 Å². The van der Waals surface area contributed by atoms with Crippen molar-refractivity contribution in [1.82, 2.24) is 0 Å². The molecule has 1 unspecified atom stereocenters. The van der Waals surface area contributed by atoms with Crippen molar-refractivity contribution in [2.45, 2.75) is 26.1 Å². The van der Waals surface area contributed by atoms with E-state index >= 15 is 0 Å². The van der Waals surface area contributed by atoms with E-state index < -0.39 is 0 Å². The van der Waals surface area contributed by atoms with E-state index in [9.17, 15) is 0 Å². The molecule has 1 heterocycles. The number of nitrogens with two attached hydrogens (primary N) is 1. The Morgan fingerprint density at radius 2 is 2.09 bits per heavy atom. The van der Waals surface area contributed by atoms with Gasteiger partial charge < -0.3 is 15.2 Å². The van der Waals surface area contributed by atoms with Crippen LogP contribution < -0.4 is 5.73 Å². The van der Waals surface area contributed by atoms with E-state index in [1.54, 1.807) is 0 Å². The molecule has 1 rings (SSSR count). The van der Waals surface area contributed by atoms with Gasteiger partial charge in [0.05, 0.1) is 13.2 Å². The van der Waals surface area contributed by atoms with Gasteiger partial charge in [0, 0.05) is 5.92 Å². The molecule has 3 heteroatoms. The first-order valence-electron chi connectivity index (χ1n) is 4.28. The zero-order valence-corrected chi connectivity index (χ0v) is 7.08. The molecule has 2 N–H and O–H groups in total. The van der Waals surface area contributed by atoms with Gasteiger partial charge >= 0.3 is 0 Å². The van der Waals surface area contributed by atoms with Crippen molar-refractivity contribution in [3.05, 3.63) is 0 Å². The number of rotatable bonds is 3. The summed E-state index contributed by atoms with van der Waals surface area (Å²) >= 11 is 0. The van der Waals surface area contributed by atoms with Crippen molar-refractivity contribution in [2.24, 2.45) is 11.7 Å². The topological polar surface area (TPSA) is 44.5 Å². The van der Waals surface area contributed by atoms with Crippen LogP contribution in [0.4, 0.5) is 0 Å². The van der Waals surface area contributed by atoms with Gasteiger partial charge in [-0.15, -0.1) is 0 Å². The van der Waals surface area contributed by atoms with E-state index in [1.165, 1.54) is 0 Å². The Kier molecular flexibility index (Phi) is 3.83. The molecule has 0 aliphatic carbocycles. The molecule has 0 amide bonds. The lowest BCUT2D eigenvalue weighted by atomic mass is 10.1. The molecular formula is C8H17NO2. The Hall–Kier alpha value is -0.120. The number of ether oxygens (including phenoxy) is 2. The third-order valence-electron chi connectivity index (χ3n) is 1.94. The van der Waals surface area contributed by atoms with Crippen molar-refractivity contribution >= 4 is 0 Å². The second kappa shape index (κ2) is 4.70. The molecular weight excluding hydrogens is 142 g/mol. The molecule has 0 spiro atoms. The highest BCUT2D eigenvalue weighted by Gasteiger charge is 2.20. The average molecular weight is 159 g/mol. The third kappa shape index (κ3) is 2.77. The van der Waals surface area contributed by atoms with E-state index in [1.807, 2.05) is 0 Å². The van der Waals surface area contributed by atoms with Crippen LogP contribution in [0.15, 0.2) is 0 Å². The average Bonchev–Trinajstić information content (AvgIpc) is 2.07. The second-order valence-electron chi connectivity index (χ2n) is 3.02. The molecule has 0 aromatic rings. The van der Waals surface area contributed by atoms with E-state index in [2.05, 4.69) is 6.92 Å². The van der Waals surface area contributed by atoms with Crippen molar-refractivity contribution in [3.63, 3.8) is 0 Å². The molecule has 0 bridgehead atoms. The molecule has 1 aliphatic heterocycles. The maximum absolute atomic E-state index is 5.42. The fourth-order valence-electron chi connectivity index (χ4n) is 1.23. The Morgan fingerprint density at radius 3 is 2.64 bits per heavy atom. The Balaban J connectivity index is 2.21. The van der Waals surface area contributed by atoms with Crippen molar-refractivity contribution < 1.29 is 9.47 Å². The van der Waals surface area contributed by atoms with Crippen LogP contribution in [0, 0.1) is 5.92 Å². The van der Waals surface area contributed by atoms with Crippen molar-refractivity contribution in [2.75, 3.05) is 19.8 Å². The Bertz CT molecular complexity index is 102. The van der Waals surface area contributed by atoms with Gasteiger partial charge in [0.15, 0.2) is 6.29 Å². The lowest BCUT2D eigenvalue weighted by Crippen LogP contribution is -2.31. The van der Waals surface area contributed by atoms with Crippen LogP contribution in [0.5, 0.6) is 0 Å². The van der Waals surface area contributed by atoms with Crippen molar-refractivity contribution in [3.8, 4) is 0 Å². The molecule has 66 valence electrons. The molecule has 1 atom stereocenters. The highest BCUT2D eigenvalue weighted by molar-refractivity contribution is 4.60. The summed E-state index contributed by atoms with van der Waals surface area (Å²) in [5, 5.41) is 0. The smallest absolute Gasteiger partial charge is 0.160 e. The fraction of sp³-hybridized carbons (Fsp3) is 1.00. The number of hydrogen-bond donors (Lipinski definition) is 1. The molecule has 1 saturated heterocycles. The summed E-state index contributed by atoms with van der Waals surface area (Å²) in [7, 11) is 0. The van der Waals surface area contributed by atoms with Gasteiger partial charge in [-0.1, -0.05) is 6.92 Å². The summed E-state index contributed by atoms with van der Waals surface area (Å²) in [6.07, 6.45) is 1.99. The van der Waals surface area contributed by atoms with Crippen LogP contribution >= 0.6 is 0 Å². The molecule has 0 aromatic heterocycles. The summed E-state index contributed by atoms with van der Waals surface area (Å²) in [5.41, 5.74) is 5.42. The summed E-state index contributed by atoms with van der Waals surface area (Å²) in [5.74, 6) is 0.431. The summed E-state index contributed by atoms with van der Waals surface area (Å²) < 4.78 is 10.8. The molecule has 0 saturated carbocycles. The minimum Gasteiger partial charge on any atom is -0.352 e. The van der Waals surface area contributed by atoms with Gasteiger partial charge in [-0.25, -0.2) is 0 Å². The van der Waals surface area contributed by atoms with E-state index in [-0.39, 0.29) is 6.29 Å². The third-order valence-corrected chi connectivity index (χ3v) is 1.94. The van der Waals surface area contributed by atoms with E-state index in [4.69, 9.17) is 15.2 Å². The van der Waals surface area contributed by atoms with E-state index in [0.717, 1.165) is 26.1 Å². The predicted molar refractivity (Wildman–Crippen MR) is 43.1 cm³/mol. The van der Waals surface area contributed by atoms with Gasteiger partial charge in [-0.05, 0) is 19.4 Å². The monoisotopic (exact) mass is 159 g/mol. The van der Waals surface area contributed by atoms with Crippen molar-refractivity contribution in [1.29, 1.82) is 0 Å². The SMILES string of the molecule is CC(CCN)C1OCCCO1. The molecule has 0 aromatic carbocycles. The fourth-order valence-corrected chi connectivity index (χ4v) is 1.23. The highest BCUT2D eigenvalue weighted by atomic mass is 16.7. The maximum Gasteiger partial charge on any atom is 0.160 e. The van der Waals surface area contributed by atoms with Gasteiger partial charge in [0.2, 0.25) is 0 Å². The Labute approximate surface area is 67.9 Å². The van der Waals surface area contributed by atoms with Crippen LogP contribution in [0.3, 0.4) is 0 Å². The van der Waals surface area contributed by atoms with Gasteiger partial charge in [-0.2, -0.15) is 0 Å². The Morgan fingerprint density at radius 1 is 1.45 bits per heavy atom. The van der Waals surface area contributed by atoms with Crippen LogP contribution in [0.2, 0.25) is 0 Å². The van der Waals surface area contributed by atoms with Gasteiger partial charge in [0.25, 0.3) is 0 Å². The predicted octanol–water partition coefficient (Wildman–Crippen LogP) is 0.734. The quantitative estimate of drug-likeness (QED) is 0.660. The standard InChI is InChI=1S/C8H17NO2/c1-7(3-4-9)8-10-5-2-6-11-8/h7-8H,2-6,9H2,1H3. The van der Waals surface area contributed by atoms with Crippen LogP contribution in [-0.2, 0) is 9.47 Å². The lowest BCUT2D eigenvalue weighted by Gasteiger charge is -2.27. The van der Waals surface area contributed by atoms with Gasteiger partial charge in [0.1, 0.15) is 0 Å². The normalized spacial score (nSPS) is 23.5.